The molecule has 0 saturated carbocycles. The van der Waals surface area contributed by atoms with Gasteiger partial charge in [-0.2, -0.15) is 0 Å². The minimum Gasteiger partial charge on any atom is -0.477 e. The molecule has 0 aromatic heterocycles. The van der Waals surface area contributed by atoms with Crippen LogP contribution in [-0.2, 0) is 24.4 Å². The van der Waals surface area contributed by atoms with E-state index in [0.717, 1.165) is 6.26 Å². The Morgan fingerprint density at radius 3 is 2.69 bits per heavy atom. The second-order valence-electron chi connectivity index (χ2n) is 6.81. The minimum absolute atomic E-state index is 0.0481. The molecule has 2 heterocycles. The lowest BCUT2D eigenvalue weighted by atomic mass is 10.0. The number of carboxylic acid groups (broad SMARTS) is 1. The van der Waals surface area contributed by atoms with E-state index in [1.54, 1.807) is 19.1 Å². The average molecular weight is 441 g/mol. The fraction of sp³-hybridized carbons (Fsp3) is 0.353. The number of nitrogens with one attached hydrogen (secondary N) is 2. The summed E-state index contributed by atoms with van der Waals surface area (Å²) in [5, 5.41) is 11.4. The maximum absolute atomic E-state index is 12.6. The molecule has 1 fully saturated rings. The van der Waals surface area contributed by atoms with Crippen LogP contribution < -0.4 is 15.8 Å². The molecular weight excluding hydrogens is 420 g/mol. The molecule has 3 unspecified atom stereocenters. The summed E-state index contributed by atoms with van der Waals surface area (Å²) >= 11 is 1.36. The van der Waals surface area contributed by atoms with Gasteiger partial charge in [-0.05, 0) is 30.2 Å². The van der Waals surface area contributed by atoms with Gasteiger partial charge in [-0.15, -0.1) is 11.8 Å². The summed E-state index contributed by atoms with van der Waals surface area (Å²) in [7, 11) is -3.49. The molecule has 10 nitrogen and oxygen atoms in total. The zero-order chi connectivity index (χ0) is 21.5. The highest BCUT2D eigenvalue weighted by molar-refractivity contribution is 8.00. The summed E-state index contributed by atoms with van der Waals surface area (Å²) in [6, 6.07) is 4.06. The summed E-state index contributed by atoms with van der Waals surface area (Å²) in [6.45, 7) is 1.65. The number of carbonyl (C=O) groups is 3. The molecule has 0 bridgehead atoms. The maximum atomic E-state index is 12.6. The van der Waals surface area contributed by atoms with Gasteiger partial charge in [-0.3, -0.25) is 19.2 Å². The molecule has 12 heteroatoms. The highest BCUT2D eigenvalue weighted by Gasteiger charge is 2.53. The Labute approximate surface area is 171 Å². The summed E-state index contributed by atoms with van der Waals surface area (Å²) in [4.78, 5) is 37.6. The number of rotatable bonds is 6. The van der Waals surface area contributed by atoms with Gasteiger partial charge in [0.25, 0.3) is 5.91 Å². The van der Waals surface area contributed by atoms with Crippen molar-refractivity contribution in [3.8, 4) is 0 Å². The third-order valence-electron chi connectivity index (χ3n) is 4.49. The predicted octanol–water partition coefficient (Wildman–Crippen LogP) is -0.184. The molecule has 29 heavy (non-hydrogen) atoms. The number of carbonyl (C=O) groups excluding carboxylic acids is 2. The molecule has 2 aliphatic rings. The smallest absolute Gasteiger partial charge is 0.352 e. The third-order valence-corrected chi connectivity index (χ3v) is 6.52. The van der Waals surface area contributed by atoms with Crippen LogP contribution in [0, 0.1) is 0 Å². The van der Waals surface area contributed by atoms with Gasteiger partial charge in [-0.25, -0.2) is 13.2 Å². The van der Waals surface area contributed by atoms with Gasteiger partial charge >= 0.3 is 5.97 Å². The zero-order valence-electron chi connectivity index (χ0n) is 15.6. The van der Waals surface area contributed by atoms with Crippen molar-refractivity contribution in [3.63, 3.8) is 0 Å². The molecule has 3 rings (SSSR count). The molecule has 0 aliphatic carbocycles. The van der Waals surface area contributed by atoms with Crippen molar-refractivity contribution in [2.75, 3.05) is 16.7 Å². The number of amides is 2. The Bertz CT molecular complexity index is 1020. The number of sulfonamides is 1. The lowest BCUT2D eigenvalue weighted by Crippen LogP contribution is -2.71. The molecular formula is C17H20N4O6S2. The molecule has 156 valence electrons. The van der Waals surface area contributed by atoms with E-state index in [2.05, 4.69) is 10.0 Å². The Morgan fingerprint density at radius 1 is 1.38 bits per heavy atom. The number of nitrogens with two attached hydrogens (primary N) is 1. The first-order chi connectivity index (χ1) is 13.5. The molecule has 3 atom stereocenters. The van der Waals surface area contributed by atoms with Crippen molar-refractivity contribution < 1.29 is 27.9 Å². The molecule has 1 aromatic carbocycles. The van der Waals surface area contributed by atoms with Crippen molar-refractivity contribution in [2.24, 2.45) is 5.73 Å². The molecule has 1 aromatic rings. The quantitative estimate of drug-likeness (QED) is 0.443. The minimum atomic E-state index is -3.49. The Kier molecular flexibility index (Phi) is 5.61. The maximum Gasteiger partial charge on any atom is 0.352 e. The fourth-order valence-corrected chi connectivity index (χ4v) is 5.03. The monoisotopic (exact) mass is 440 g/mol. The number of nitrogens with zero attached hydrogens (tertiary/aromatic N) is 1. The topological polar surface area (TPSA) is 159 Å². The first-order valence-electron chi connectivity index (χ1n) is 8.51. The Hall–Kier alpha value is -2.57. The van der Waals surface area contributed by atoms with Crippen LogP contribution in [0.5, 0.6) is 0 Å². The fourth-order valence-electron chi connectivity index (χ4n) is 3.18. The lowest BCUT2D eigenvalue weighted by molar-refractivity contribution is -0.150. The van der Waals surface area contributed by atoms with Crippen LogP contribution in [0.4, 0.5) is 5.69 Å². The molecule has 2 aliphatic heterocycles. The van der Waals surface area contributed by atoms with Crippen molar-refractivity contribution in [1.29, 1.82) is 0 Å². The van der Waals surface area contributed by atoms with Crippen LogP contribution in [0.15, 0.2) is 35.5 Å². The van der Waals surface area contributed by atoms with Crippen LogP contribution in [0.25, 0.3) is 0 Å². The van der Waals surface area contributed by atoms with E-state index in [0.29, 0.717) is 16.9 Å². The van der Waals surface area contributed by atoms with E-state index >= 15 is 0 Å². The zero-order valence-corrected chi connectivity index (χ0v) is 17.2. The number of thioether (sulfide) groups is 1. The van der Waals surface area contributed by atoms with E-state index in [1.807, 2.05) is 0 Å². The normalized spacial score (nSPS) is 22.4. The van der Waals surface area contributed by atoms with Gasteiger partial charge in [-0.1, -0.05) is 12.1 Å². The average Bonchev–Trinajstić information content (AvgIpc) is 2.63. The Morgan fingerprint density at radius 2 is 2.07 bits per heavy atom. The highest BCUT2D eigenvalue weighted by atomic mass is 32.2. The number of hydrogen-bond donors (Lipinski definition) is 4. The number of carboxylic acids is 1. The van der Waals surface area contributed by atoms with Crippen molar-refractivity contribution >= 4 is 45.3 Å². The largest absolute Gasteiger partial charge is 0.477 e. The van der Waals surface area contributed by atoms with Gasteiger partial charge in [0, 0.05) is 11.4 Å². The van der Waals surface area contributed by atoms with E-state index in [1.165, 1.54) is 28.8 Å². The van der Waals surface area contributed by atoms with Crippen molar-refractivity contribution in [3.05, 3.63) is 41.1 Å². The van der Waals surface area contributed by atoms with Gasteiger partial charge in [0.1, 0.15) is 23.2 Å². The lowest BCUT2D eigenvalue weighted by Gasteiger charge is -2.49. The van der Waals surface area contributed by atoms with Crippen molar-refractivity contribution in [2.45, 2.75) is 24.4 Å². The number of fused-ring (bicyclic) bond motifs is 1. The van der Waals surface area contributed by atoms with Crippen LogP contribution >= 0.6 is 11.8 Å². The molecule has 1 saturated heterocycles. The SMILES string of the molecule is CC1=C(C(=O)O)N2C(=O)C(NC(=O)C(N)c3cccc(NS(C)(=O)=O)c3)C2SC1. The molecule has 5 N–H and O–H groups in total. The number of anilines is 1. The van der Waals surface area contributed by atoms with Gasteiger partial charge in [0.2, 0.25) is 15.9 Å². The molecule has 0 spiro atoms. The van der Waals surface area contributed by atoms with Crippen LogP contribution in [0.1, 0.15) is 18.5 Å². The second kappa shape index (κ2) is 7.69. The van der Waals surface area contributed by atoms with E-state index in [-0.39, 0.29) is 11.4 Å². The first kappa shape index (κ1) is 21.1. The molecule has 0 radical (unpaired) electrons. The van der Waals surface area contributed by atoms with Crippen molar-refractivity contribution in [1.82, 2.24) is 10.2 Å². The van der Waals surface area contributed by atoms with Gasteiger partial charge in [0.05, 0.1) is 6.26 Å². The Balaban J connectivity index is 1.71. The van der Waals surface area contributed by atoms with Crippen LogP contribution in [0.3, 0.4) is 0 Å². The predicted molar refractivity (Wildman–Crippen MR) is 107 cm³/mol. The summed E-state index contributed by atoms with van der Waals surface area (Å²) in [5.74, 6) is -1.87. The summed E-state index contributed by atoms with van der Waals surface area (Å²) < 4.78 is 25.0. The number of aliphatic carboxylic acids is 1. The van der Waals surface area contributed by atoms with E-state index in [4.69, 9.17) is 5.73 Å². The van der Waals surface area contributed by atoms with Crippen LogP contribution in [0.2, 0.25) is 0 Å². The summed E-state index contributed by atoms with van der Waals surface area (Å²) in [5.41, 5.74) is 7.14. The standard InChI is InChI=1S/C17H20N4O6S2/c1-8-7-28-16-12(15(23)21(16)13(8)17(24)25)19-14(22)11(18)9-4-3-5-10(6-9)20-29(2,26)27/h3-6,11-12,16,20H,7,18H2,1-2H3,(H,19,22)(H,24,25). The first-order valence-corrected chi connectivity index (χ1v) is 11.4. The van der Waals surface area contributed by atoms with Gasteiger partial charge in [0.15, 0.2) is 0 Å². The van der Waals surface area contributed by atoms with E-state index in [9.17, 15) is 27.9 Å². The third kappa shape index (κ3) is 4.23. The summed E-state index contributed by atoms with van der Waals surface area (Å²) in [6.07, 6.45) is 1.00. The highest BCUT2D eigenvalue weighted by Crippen LogP contribution is 2.40. The number of β-lactam (4-membered cyclic amide) rings is 1. The van der Waals surface area contributed by atoms with Gasteiger partial charge < -0.3 is 16.2 Å². The number of benzene rings is 1. The number of hydrogen-bond acceptors (Lipinski definition) is 7. The van der Waals surface area contributed by atoms with Crippen LogP contribution in [-0.4, -0.2) is 59.6 Å². The van der Waals surface area contributed by atoms with E-state index < -0.39 is 45.3 Å². The second-order valence-corrected chi connectivity index (χ2v) is 9.66. The molecule has 2 amide bonds.